The Labute approximate surface area is 186 Å². The van der Waals surface area contributed by atoms with Gasteiger partial charge in [-0.3, -0.25) is 9.59 Å². The van der Waals surface area contributed by atoms with Crippen molar-refractivity contribution in [1.82, 2.24) is 4.90 Å². The van der Waals surface area contributed by atoms with Gasteiger partial charge in [-0.05, 0) is 42.0 Å². The first-order valence-corrected chi connectivity index (χ1v) is 10.4. The average molecular weight is 490 g/mol. The van der Waals surface area contributed by atoms with Crippen molar-refractivity contribution in [2.24, 2.45) is 0 Å². The first-order valence-electron chi connectivity index (χ1n) is 8.84. The van der Waals surface area contributed by atoms with E-state index in [2.05, 4.69) is 21.2 Å². The fourth-order valence-electron chi connectivity index (χ4n) is 3.48. The molecule has 0 fully saturated rings. The summed E-state index contributed by atoms with van der Waals surface area (Å²) >= 11 is 16.0. The van der Waals surface area contributed by atoms with Gasteiger partial charge in [-0.2, -0.15) is 0 Å². The fourth-order valence-corrected chi connectivity index (χ4v) is 4.22. The molecule has 0 unspecified atom stereocenters. The van der Waals surface area contributed by atoms with Crippen molar-refractivity contribution in [3.05, 3.63) is 97.9 Å². The Morgan fingerprint density at radius 3 is 2.55 bits per heavy atom. The monoisotopic (exact) mass is 488 g/mol. The van der Waals surface area contributed by atoms with Crippen LogP contribution in [0.1, 0.15) is 27.5 Å². The zero-order chi connectivity index (χ0) is 20.5. The fraction of sp³-hybridized carbons (Fsp3) is 0.0909. The highest BCUT2D eigenvalue weighted by atomic mass is 79.9. The van der Waals surface area contributed by atoms with Crippen LogP contribution in [0.4, 0.5) is 5.69 Å². The zero-order valence-corrected chi connectivity index (χ0v) is 18.1. The number of nitrogens with one attached hydrogen (secondary N) is 1. The van der Waals surface area contributed by atoms with Crippen molar-refractivity contribution >= 4 is 56.6 Å². The Kier molecular flexibility index (Phi) is 5.63. The summed E-state index contributed by atoms with van der Waals surface area (Å²) in [5.74, 6) is -0.625. The summed E-state index contributed by atoms with van der Waals surface area (Å²) in [4.78, 5) is 27.7. The van der Waals surface area contributed by atoms with Gasteiger partial charge in [0, 0.05) is 20.7 Å². The molecule has 1 N–H and O–H groups in total. The Balaban J connectivity index is 1.91. The van der Waals surface area contributed by atoms with Crippen LogP contribution in [0.5, 0.6) is 0 Å². The van der Waals surface area contributed by atoms with Crippen molar-refractivity contribution in [3.63, 3.8) is 0 Å². The van der Waals surface area contributed by atoms with Gasteiger partial charge in [-0.25, -0.2) is 0 Å². The van der Waals surface area contributed by atoms with Gasteiger partial charge in [0.25, 0.3) is 5.91 Å². The summed E-state index contributed by atoms with van der Waals surface area (Å²) in [6.07, 6.45) is 0. The number of anilines is 1. The van der Waals surface area contributed by atoms with Crippen molar-refractivity contribution in [3.8, 4) is 0 Å². The summed E-state index contributed by atoms with van der Waals surface area (Å²) in [5.41, 5.74) is 2.56. The maximum Gasteiger partial charge on any atom is 0.256 e. The molecule has 0 bridgehead atoms. The van der Waals surface area contributed by atoms with Gasteiger partial charge in [0.2, 0.25) is 5.91 Å². The second-order valence-electron chi connectivity index (χ2n) is 6.65. The summed E-state index contributed by atoms with van der Waals surface area (Å²) in [7, 11) is 0. The standard InChI is InChI=1S/C22H15BrCl2N2O2/c23-14-6-8-18(25)16(10-14)22(29)27-12-20(28)26-19-9-7-15(24)11-17(19)21(27)13-4-2-1-3-5-13/h1-11,21H,12H2,(H,26,28)/t21-/m0/s1. The third kappa shape index (κ3) is 4.04. The predicted molar refractivity (Wildman–Crippen MR) is 119 cm³/mol. The lowest BCUT2D eigenvalue weighted by molar-refractivity contribution is -0.117. The molecule has 0 spiro atoms. The minimum Gasteiger partial charge on any atom is -0.324 e. The van der Waals surface area contributed by atoms with Crippen molar-refractivity contribution in [1.29, 1.82) is 0 Å². The molecule has 1 heterocycles. The van der Waals surface area contributed by atoms with E-state index >= 15 is 0 Å². The van der Waals surface area contributed by atoms with E-state index in [1.807, 2.05) is 30.3 Å². The van der Waals surface area contributed by atoms with Gasteiger partial charge in [0.15, 0.2) is 0 Å². The molecule has 29 heavy (non-hydrogen) atoms. The summed E-state index contributed by atoms with van der Waals surface area (Å²) < 4.78 is 0.726. The second kappa shape index (κ2) is 8.19. The minimum absolute atomic E-state index is 0.118. The largest absolute Gasteiger partial charge is 0.324 e. The molecule has 7 heteroatoms. The molecule has 0 saturated carbocycles. The van der Waals surface area contributed by atoms with Crippen LogP contribution in [0.3, 0.4) is 0 Å². The van der Waals surface area contributed by atoms with Crippen molar-refractivity contribution in [2.45, 2.75) is 6.04 Å². The van der Waals surface area contributed by atoms with E-state index in [4.69, 9.17) is 23.2 Å². The Bertz CT molecular complexity index is 1110. The van der Waals surface area contributed by atoms with Crippen molar-refractivity contribution < 1.29 is 9.59 Å². The third-order valence-electron chi connectivity index (χ3n) is 4.74. The molecule has 3 aromatic carbocycles. The lowest BCUT2D eigenvalue weighted by atomic mass is 9.95. The van der Waals surface area contributed by atoms with Crippen LogP contribution in [0.2, 0.25) is 10.0 Å². The SMILES string of the molecule is O=C1CN(C(=O)c2cc(Br)ccc2Cl)[C@@H](c2ccccc2)c2cc(Cl)ccc2N1. The number of fused-ring (bicyclic) bond motifs is 1. The van der Waals surface area contributed by atoms with Gasteiger partial charge < -0.3 is 10.2 Å². The number of carbonyl (C=O) groups excluding carboxylic acids is 2. The summed E-state index contributed by atoms with van der Waals surface area (Å²) in [5, 5.41) is 3.72. The van der Waals surface area contributed by atoms with E-state index in [1.54, 1.807) is 36.4 Å². The van der Waals surface area contributed by atoms with Crippen LogP contribution in [0.25, 0.3) is 0 Å². The Hall–Kier alpha value is -2.34. The van der Waals surface area contributed by atoms with Crippen LogP contribution >= 0.6 is 39.1 Å². The van der Waals surface area contributed by atoms with Gasteiger partial charge in [-0.1, -0.05) is 69.5 Å². The van der Waals surface area contributed by atoms with E-state index < -0.39 is 6.04 Å². The van der Waals surface area contributed by atoms with Crippen LogP contribution in [0, 0.1) is 0 Å². The Morgan fingerprint density at radius 2 is 1.79 bits per heavy atom. The number of benzene rings is 3. The number of halogens is 3. The maximum absolute atomic E-state index is 13.6. The highest BCUT2D eigenvalue weighted by Crippen LogP contribution is 2.38. The quantitative estimate of drug-likeness (QED) is 0.484. The molecule has 1 aliphatic heterocycles. The lowest BCUT2D eigenvalue weighted by Gasteiger charge is -2.31. The van der Waals surface area contributed by atoms with Crippen LogP contribution in [-0.4, -0.2) is 23.3 Å². The second-order valence-corrected chi connectivity index (χ2v) is 8.41. The molecule has 3 aromatic rings. The maximum atomic E-state index is 13.6. The van der Waals surface area contributed by atoms with Crippen LogP contribution in [-0.2, 0) is 4.79 Å². The van der Waals surface area contributed by atoms with Gasteiger partial charge in [-0.15, -0.1) is 0 Å². The number of hydrogen-bond acceptors (Lipinski definition) is 2. The summed E-state index contributed by atoms with van der Waals surface area (Å²) in [6, 6.07) is 19.4. The van der Waals surface area contributed by atoms with Gasteiger partial charge in [0.1, 0.15) is 6.54 Å². The first kappa shape index (κ1) is 20.0. The van der Waals surface area contributed by atoms with Gasteiger partial charge in [0.05, 0.1) is 16.6 Å². The number of carbonyl (C=O) groups is 2. The normalized spacial score (nSPS) is 16.0. The first-order chi connectivity index (χ1) is 13.9. The molecule has 2 amide bonds. The van der Waals surface area contributed by atoms with E-state index in [9.17, 15) is 9.59 Å². The molecular weight excluding hydrogens is 475 g/mol. The molecule has 4 rings (SSSR count). The molecule has 0 saturated heterocycles. The molecule has 1 aliphatic rings. The predicted octanol–water partition coefficient (Wildman–Crippen LogP) is 5.94. The van der Waals surface area contributed by atoms with Crippen LogP contribution in [0.15, 0.2) is 71.2 Å². The molecule has 1 atom stereocenters. The van der Waals surface area contributed by atoms with Crippen LogP contribution < -0.4 is 5.32 Å². The highest BCUT2D eigenvalue weighted by Gasteiger charge is 2.34. The zero-order valence-electron chi connectivity index (χ0n) is 15.0. The molecule has 0 aliphatic carbocycles. The number of nitrogens with zero attached hydrogens (tertiary/aromatic N) is 1. The number of hydrogen-bond donors (Lipinski definition) is 1. The summed E-state index contributed by atoms with van der Waals surface area (Å²) in [6.45, 7) is -0.118. The number of rotatable bonds is 2. The molecule has 0 aromatic heterocycles. The highest BCUT2D eigenvalue weighted by molar-refractivity contribution is 9.10. The average Bonchev–Trinajstić information content (AvgIpc) is 2.85. The van der Waals surface area contributed by atoms with E-state index in [-0.39, 0.29) is 18.4 Å². The topological polar surface area (TPSA) is 49.4 Å². The third-order valence-corrected chi connectivity index (χ3v) is 5.80. The van der Waals surface area contributed by atoms with Crippen molar-refractivity contribution in [2.75, 3.05) is 11.9 Å². The van der Waals surface area contributed by atoms with E-state index in [0.717, 1.165) is 15.6 Å². The lowest BCUT2D eigenvalue weighted by Crippen LogP contribution is -2.39. The van der Waals surface area contributed by atoms with Gasteiger partial charge >= 0.3 is 0 Å². The Morgan fingerprint density at radius 1 is 1.03 bits per heavy atom. The van der Waals surface area contributed by atoms with E-state index in [0.29, 0.717) is 21.3 Å². The molecular formula is C22H15BrCl2N2O2. The van der Waals surface area contributed by atoms with E-state index in [1.165, 1.54) is 4.90 Å². The smallest absolute Gasteiger partial charge is 0.256 e. The number of amides is 2. The molecule has 146 valence electrons. The molecule has 0 radical (unpaired) electrons. The minimum atomic E-state index is -0.508. The molecule has 4 nitrogen and oxygen atoms in total.